The molecule has 0 aromatic heterocycles. The normalized spacial score (nSPS) is 9.67. The summed E-state index contributed by atoms with van der Waals surface area (Å²) in [4.78, 5) is 10.7. The molecule has 1 aromatic rings. The lowest BCUT2D eigenvalue weighted by molar-refractivity contribution is -0.136. The SMILES string of the molecule is CCc1c(Br)ccc(C#N)c1CC(=O)O. The standard InChI is InChI=1S/C11H10BrNO2/c1-2-8-9(5-11(14)15)7(6-13)3-4-10(8)12/h3-4H,2,5H2,1H3,(H,14,15). The highest BCUT2D eigenvalue weighted by molar-refractivity contribution is 9.10. The maximum absolute atomic E-state index is 10.7. The number of rotatable bonds is 3. The molecular formula is C11H10BrNO2. The molecule has 3 nitrogen and oxygen atoms in total. The number of nitriles is 1. The second-order valence-electron chi connectivity index (χ2n) is 3.09. The fraction of sp³-hybridized carbons (Fsp3) is 0.273. The minimum absolute atomic E-state index is 0.106. The Morgan fingerprint density at radius 3 is 2.67 bits per heavy atom. The lowest BCUT2D eigenvalue weighted by Gasteiger charge is -2.09. The summed E-state index contributed by atoms with van der Waals surface area (Å²) in [5.41, 5.74) is 1.95. The number of aliphatic carboxylic acids is 1. The fourth-order valence-electron chi connectivity index (χ4n) is 1.50. The molecule has 0 saturated heterocycles. The maximum atomic E-state index is 10.7. The van der Waals surface area contributed by atoms with E-state index in [0.717, 1.165) is 10.0 Å². The van der Waals surface area contributed by atoms with E-state index in [4.69, 9.17) is 10.4 Å². The van der Waals surface area contributed by atoms with Gasteiger partial charge in [-0.3, -0.25) is 4.79 Å². The van der Waals surface area contributed by atoms with Crippen molar-refractivity contribution < 1.29 is 9.90 Å². The van der Waals surface area contributed by atoms with Crippen LogP contribution in [-0.4, -0.2) is 11.1 Å². The van der Waals surface area contributed by atoms with Crippen molar-refractivity contribution in [2.45, 2.75) is 19.8 Å². The molecule has 0 heterocycles. The van der Waals surface area contributed by atoms with Crippen LogP contribution in [0.3, 0.4) is 0 Å². The molecule has 0 aliphatic carbocycles. The molecule has 0 fully saturated rings. The smallest absolute Gasteiger partial charge is 0.307 e. The highest BCUT2D eigenvalue weighted by Crippen LogP contribution is 2.24. The summed E-state index contributed by atoms with van der Waals surface area (Å²) in [6.45, 7) is 1.94. The molecule has 0 atom stereocenters. The zero-order valence-corrected chi connectivity index (χ0v) is 9.84. The van der Waals surface area contributed by atoms with Crippen LogP contribution in [0.5, 0.6) is 0 Å². The first-order valence-corrected chi connectivity index (χ1v) is 5.31. The monoisotopic (exact) mass is 267 g/mol. The Labute approximate surface area is 96.5 Å². The first-order valence-electron chi connectivity index (χ1n) is 4.52. The molecule has 1 aromatic carbocycles. The highest BCUT2D eigenvalue weighted by Gasteiger charge is 2.13. The van der Waals surface area contributed by atoms with Crippen molar-refractivity contribution in [1.82, 2.24) is 0 Å². The van der Waals surface area contributed by atoms with Gasteiger partial charge >= 0.3 is 5.97 Å². The first kappa shape index (κ1) is 11.7. The predicted octanol–water partition coefficient (Wildman–Crippen LogP) is 2.51. The van der Waals surface area contributed by atoms with Gasteiger partial charge in [-0.1, -0.05) is 22.9 Å². The summed E-state index contributed by atoms with van der Waals surface area (Å²) in [7, 11) is 0. The van der Waals surface area contributed by atoms with Crippen molar-refractivity contribution in [3.63, 3.8) is 0 Å². The second kappa shape index (κ2) is 4.94. The molecule has 0 bridgehead atoms. The fourth-order valence-corrected chi connectivity index (χ4v) is 2.16. The maximum Gasteiger partial charge on any atom is 0.307 e. The van der Waals surface area contributed by atoms with E-state index in [-0.39, 0.29) is 6.42 Å². The van der Waals surface area contributed by atoms with E-state index in [2.05, 4.69) is 15.9 Å². The first-order chi connectivity index (χ1) is 7.10. The number of hydrogen-bond donors (Lipinski definition) is 1. The van der Waals surface area contributed by atoms with Gasteiger partial charge < -0.3 is 5.11 Å². The van der Waals surface area contributed by atoms with Crippen molar-refractivity contribution in [3.05, 3.63) is 33.3 Å². The average molecular weight is 268 g/mol. The van der Waals surface area contributed by atoms with Gasteiger partial charge in [-0.15, -0.1) is 0 Å². The van der Waals surface area contributed by atoms with Gasteiger partial charge in [-0.2, -0.15) is 5.26 Å². The summed E-state index contributed by atoms with van der Waals surface area (Å²) in [5, 5.41) is 17.7. The van der Waals surface area contributed by atoms with Gasteiger partial charge in [0.15, 0.2) is 0 Å². The Kier molecular flexibility index (Phi) is 3.87. The van der Waals surface area contributed by atoms with E-state index in [9.17, 15) is 4.79 Å². The van der Waals surface area contributed by atoms with Crippen LogP contribution in [0.4, 0.5) is 0 Å². The third-order valence-corrected chi connectivity index (χ3v) is 2.92. The van der Waals surface area contributed by atoms with Crippen molar-refractivity contribution in [1.29, 1.82) is 5.26 Å². The molecule has 15 heavy (non-hydrogen) atoms. The summed E-state index contributed by atoms with van der Waals surface area (Å²) in [6.07, 6.45) is 0.601. The molecular weight excluding hydrogens is 258 g/mol. The number of halogens is 1. The summed E-state index contributed by atoms with van der Waals surface area (Å²) < 4.78 is 0.861. The molecule has 0 aliphatic rings. The van der Waals surface area contributed by atoms with Gasteiger partial charge in [-0.25, -0.2) is 0 Å². The van der Waals surface area contributed by atoms with Crippen LogP contribution in [-0.2, 0) is 17.6 Å². The van der Waals surface area contributed by atoms with Crippen molar-refractivity contribution in [2.75, 3.05) is 0 Å². The van der Waals surface area contributed by atoms with Crippen LogP contribution in [0.15, 0.2) is 16.6 Å². The van der Waals surface area contributed by atoms with Crippen molar-refractivity contribution in [3.8, 4) is 6.07 Å². The van der Waals surface area contributed by atoms with E-state index < -0.39 is 5.97 Å². The Morgan fingerprint density at radius 2 is 2.20 bits per heavy atom. The van der Waals surface area contributed by atoms with Crippen molar-refractivity contribution >= 4 is 21.9 Å². The van der Waals surface area contributed by atoms with Crippen LogP contribution in [0.1, 0.15) is 23.6 Å². The Balaban J connectivity index is 3.35. The van der Waals surface area contributed by atoms with Crippen LogP contribution >= 0.6 is 15.9 Å². The van der Waals surface area contributed by atoms with Gasteiger partial charge in [0.05, 0.1) is 18.1 Å². The molecule has 4 heteroatoms. The largest absolute Gasteiger partial charge is 0.481 e. The zero-order chi connectivity index (χ0) is 11.4. The molecule has 0 amide bonds. The number of carboxylic acids is 1. The van der Waals surface area contributed by atoms with Gasteiger partial charge in [0, 0.05) is 4.47 Å². The molecule has 78 valence electrons. The summed E-state index contributed by atoms with van der Waals surface area (Å²) in [6, 6.07) is 5.44. The molecule has 0 spiro atoms. The van der Waals surface area contributed by atoms with E-state index >= 15 is 0 Å². The third kappa shape index (κ3) is 2.57. The zero-order valence-electron chi connectivity index (χ0n) is 8.25. The summed E-state index contributed by atoms with van der Waals surface area (Å²) in [5.74, 6) is -0.917. The number of carboxylic acid groups (broad SMARTS) is 1. The third-order valence-electron chi connectivity index (χ3n) is 2.18. The van der Waals surface area contributed by atoms with Crippen LogP contribution in [0, 0.1) is 11.3 Å². The van der Waals surface area contributed by atoms with Gasteiger partial charge in [0.25, 0.3) is 0 Å². The Hall–Kier alpha value is -1.34. The van der Waals surface area contributed by atoms with Crippen molar-refractivity contribution in [2.24, 2.45) is 0 Å². The van der Waals surface area contributed by atoms with Crippen LogP contribution < -0.4 is 0 Å². The Bertz CT molecular complexity index is 435. The lowest BCUT2D eigenvalue weighted by atomic mass is 9.97. The number of benzene rings is 1. The minimum Gasteiger partial charge on any atom is -0.481 e. The van der Waals surface area contributed by atoms with Gasteiger partial charge in [0.2, 0.25) is 0 Å². The quantitative estimate of drug-likeness (QED) is 0.916. The number of hydrogen-bond acceptors (Lipinski definition) is 2. The molecule has 0 aliphatic heterocycles. The molecule has 0 saturated carbocycles. The van der Waals surface area contributed by atoms with E-state index in [0.29, 0.717) is 17.5 Å². The molecule has 1 rings (SSSR count). The van der Waals surface area contributed by atoms with Gasteiger partial charge in [0.1, 0.15) is 0 Å². The van der Waals surface area contributed by atoms with Gasteiger partial charge in [-0.05, 0) is 29.7 Å². The molecule has 0 unspecified atom stereocenters. The Morgan fingerprint density at radius 1 is 1.53 bits per heavy atom. The average Bonchev–Trinajstić information content (AvgIpc) is 2.18. The minimum atomic E-state index is -0.917. The topological polar surface area (TPSA) is 61.1 Å². The van der Waals surface area contributed by atoms with E-state index in [1.165, 1.54) is 0 Å². The second-order valence-corrected chi connectivity index (χ2v) is 3.94. The van der Waals surface area contributed by atoms with E-state index in [1.807, 2.05) is 13.0 Å². The lowest BCUT2D eigenvalue weighted by Crippen LogP contribution is -2.06. The highest BCUT2D eigenvalue weighted by atomic mass is 79.9. The summed E-state index contributed by atoms with van der Waals surface area (Å²) >= 11 is 3.36. The number of carbonyl (C=O) groups is 1. The molecule has 1 N–H and O–H groups in total. The van der Waals surface area contributed by atoms with Crippen LogP contribution in [0.2, 0.25) is 0 Å². The van der Waals surface area contributed by atoms with Crippen LogP contribution in [0.25, 0.3) is 0 Å². The molecule has 0 radical (unpaired) electrons. The number of nitrogens with zero attached hydrogens (tertiary/aromatic N) is 1. The predicted molar refractivity (Wildman–Crippen MR) is 59.6 cm³/mol. The van der Waals surface area contributed by atoms with E-state index in [1.54, 1.807) is 12.1 Å².